The number of amides is 1. The third-order valence-corrected chi connectivity index (χ3v) is 3.32. The number of carbonyl (C=O) groups excluding carboxylic acids is 1. The lowest BCUT2D eigenvalue weighted by molar-refractivity contribution is 0.102. The zero-order chi connectivity index (χ0) is 15.6. The minimum absolute atomic E-state index is 0.130. The Balaban J connectivity index is 2.29. The van der Waals surface area contributed by atoms with Gasteiger partial charge < -0.3 is 11.1 Å². The number of hydrogen-bond donors (Lipinski definition) is 2. The summed E-state index contributed by atoms with van der Waals surface area (Å²) in [5.74, 6) is 0.388. The second-order valence-corrected chi connectivity index (χ2v) is 6.07. The lowest BCUT2D eigenvalue weighted by Crippen LogP contribution is -2.18. The fraction of sp³-hybridized carbons (Fsp3) is 0.267. The number of nitrogens with two attached hydrogens (primary N) is 1. The molecule has 2 rings (SSSR count). The number of nitrogens with zero attached hydrogens (tertiary/aromatic N) is 2. The van der Waals surface area contributed by atoms with Crippen molar-refractivity contribution >= 4 is 33.2 Å². The van der Waals surface area contributed by atoms with E-state index in [0.717, 1.165) is 10.0 Å². The van der Waals surface area contributed by atoms with Gasteiger partial charge in [-0.1, -0.05) is 29.8 Å². The van der Waals surface area contributed by atoms with Crippen molar-refractivity contribution in [3.8, 4) is 0 Å². The Hall–Kier alpha value is -1.95. The molecule has 0 fully saturated rings. The molecule has 0 saturated carbocycles. The lowest BCUT2D eigenvalue weighted by Gasteiger charge is -2.10. The average molecular weight is 349 g/mol. The quantitative estimate of drug-likeness (QED) is 0.889. The zero-order valence-corrected chi connectivity index (χ0v) is 13.7. The third-order valence-electron chi connectivity index (χ3n) is 2.87. The highest BCUT2D eigenvalue weighted by Gasteiger charge is 2.15. The van der Waals surface area contributed by atoms with Crippen LogP contribution in [0.1, 0.15) is 41.6 Å². The number of nitrogen functional groups attached to an aromatic ring is 1. The van der Waals surface area contributed by atoms with E-state index in [-0.39, 0.29) is 23.2 Å². The molecule has 1 heterocycles. The number of carbonyl (C=O) groups is 1. The summed E-state index contributed by atoms with van der Waals surface area (Å²) < 4.78 is 0.899. The van der Waals surface area contributed by atoms with Crippen molar-refractivity contribution in [3.05, 3.63) is 46.0 Å². The monoisotopic (exact) mass is 348 g/mol. The Bertz CT molecular complexity index is 665. The molecule has 0 aliphatic rings. The van der Waals surface area contributed by atoms with Gasteiger partial charge in [0.2, 0.25) is 0 Å². The van der Waals surface area contributed by atoms with Crippen molar-refractivity contribution in [2.24, 2.45) is 0 Å². The van der Waals surface area contributed by atoms with Gasteiger partial charge in [0.1, 0.15) is 5.82 Å². The molecule has 1 aromatic carbocycles. The van der Waals surface area contributed by atoms with Crippen molar-refractivity contribution in [1.29, 1.82) is 0 Å². The van der Waals surface area contributed by atoms with E-state index in [2.05, 4.69) is 31.2 Å². The number of benzene rings is 1. The molecule has 6 heteroatoms. The summed E-state index contributed by atoms with van der Waals surface area (Å²) in [4.78, 5) is 20.7. The predicted molar refractivity (Wildman–Crippen MR) is 87.4 cm³/mol. The SMILES string of the molecule is Cc1cc(Br)cc(NC(=O)c2nc(C(C)C)ncc2N)c1. The lowest BCUT2D eigenvalue weighted by atomic mass is 10.2. The topological polar surface area (TPSA) is 80.9 Å². The first kappa shape index (κ1) is 15.4. The van der Waals surface area contributed by atoms with Crippen LogP contribution in [0.2, 0.25) is 0 Å². The molecular weight excluding hydrogens is 332 g/mol. The Labute approximate surface area is 132 Å². The molecule has 0 unspecified atom stereocenters. The van der Waals surface area contributed by atoms with Gasteiger partial charge in [-0.25, -0.2) is 9.97 Å². The average Bonchev–Trinajstić information content (AvgIpc) is 2.37. The van der Waals surface area contributed by atoms with Crippen molar-refractivity contribution in [2.45, 2.75) is 26.7 Å². The van der Waals surface area contributed by atoms with E-state index in [1.807, 2.05) is 39.0 Å². The molecule has 0 bridgehead atoms. The normalized spacial score (nSPS) is 10.7. The van der Waals surface area contributed by atoms with E-state index in [0.29, 0.717) is 11.5 Å². The molecule has 0 spiro atoms. The number of halogens is 1. The summed E-state index contributed by atoms with van der Waals surface area (Å²) in [6.07, 6.45) is 1.48. The highest BCUT2D eigenvalue weighted by Crippen LogP contribution is 2.20. The first-order valence-corrected chi connectivity index (χ1v) is 7.37. The van der Waals surface area contributed by atoms with Crippen LogP contribution in [0.25, 0.3) is 0 Å². The van der Waals surface area contributed by atoms with Crippen LogP contribution < -0.4 is 11.1 Å². The van der Waals surface area contributed by atoms with Gasteiger partial charge in [-0.3, -0.25) is 4.79 Å². The molecule has 0 saturated heterocycles. The van der Waals surface area contributed by atoms with Gasteiger partial charge in [-0.2, -0.15) is 0 Å². The maximum absolute atomic E-state index is 12.3. The molecular formula is C15H17BrN4O. The Morgan fingerprint density at radius 2 is 2.05 bits per heavy atom. The number of anilines is 2. The highest BCUT2D eigenvalue weighted by molar-refractivity contribution is 9.10. The van der Waals surface area contributed by atoms with E-state index >= 15 is 0 Å². The second kappa shape index (κ2) is 6.22. The van der Waals surface area contributed by atoms with Gasteiger partial charge in [0.15, 0.2) is 5.69 Å². The fourth-order valence-electron chi connectivity index (χ4n) is 1.86. The van der Waals surface area contributed by atoms with E-state index in [1.165, 1.54) is 6.20 Å². The summed E-state index contributed by atoms with van der Waals surface area (Å²) in [7, 11) is 0. The molecule has 2 aromatic rings. The van der Waals surface area contributed by atoms with Crippen LogP contribution in [-0.4, -0.2) is 15.9 Å². The first-order chi connectivity index (χ1) is 9.86. The van der Waals surface area contributed by atoms with Crippen molar-refractivity contribution in [3.63, 3.8) is 0 Å². The van der Waals surface area contributed by atoms with Crippen LogP contribution in [0.5, 0.6) is 0 Å². The summed E-state index contributed by atoms with van der Waals surface area (Å²) >= 11 is 3.40. The number of aromatic nitrogens is 2. The molecule has 0 aliphatic carbocycles. The number of nitrogens with one attached hydrogen (secondary N) is 1. The first-order valence-electron chi connectivity index (χ1n) is 6.57. The highest BCUT2D eigenvalue weighted by atomic mass is 79.9. The van der Waals surface area contributed by atoms with Crippen LogP contribution in [0.4, 0.5) is 11.4 Å². The maximum Gasteiger partial charge on any atom is 0.276 e. The Morgan fingerprint density at radius 1 is 1.33 bits per heavy atom. The van der Waals surface area contributed by atoms with Crippen LogP contribution >= 0.6 is 15.9 Å². The predicted octanol–water partition coefficient (Wildman–Crippen LogP) is 3.51. The van der Waals surface area contributed by atoms with Crippen LogP contribution in [0.15, 0.2) is 28.9 Å². The number of hydrogen-bond acceptors (Lipinski definition) is 4. The molecule has 0 atom stereocenters. The van der Waals surface area contributed by atoms with Crippen LogP contribution in [0, 0.1) is 6.92 Å². The van der Waals surface area contributed by atoms with Gasteiger partial charge in [0.25, 0.3) is 5.91 Å². The summed E-state index contributed by atoms with van der Waals surface area (Å²) in [5.41, 5.74) is 8.01. The number of aryl methyl sites for hydroxylation is 1. The van der Waals surface area contributed by atoms with E-state index in [4.69, 9.17) is 5.73 Å². The van der Waals surface area contributed by atoms with Gasteiger partial charge in [0.05, 0.1) is 11.9 Å². The zero-order valence-electron chi connectivity index (χ0n) is 12.1. The van der Waals surface area contributed by atoms with Crippen molar-refractivity contribution in [2.75, 3.05) is 11.1 Å². The van der Waals surface area contributed by atoms with E-state index < -0.39 is 0 Å². The van der Waals surface area contributed by atoms with E-state index in [9.17, 15) is 4.79 Å². The molecule has 21 heavy (non-hydrogen) atoms. The van der Waals surface area contributed by atoms with Gasteiger partial charge in [-0.15, -0.1) is 0 Å². The molecule has 3 N–H and O–H groups in total. The minimum atomic E-state index is -0.339. The molecule has 110 valence electrons. The third kappa shape index (κ3) is 3.78. The van der Waals surface area contributed by atoms with Crippen LogP contribution in [-0.2, 0) is 0 Å². The summed E-state index contributed by atoms with van der Waals surface area (Å²) in [5, 5.41) is 2.81. The van der Waals surface area contributed by atoms with E-state index in [1.54, 1.807) is 0 Å². The van der Waals surface area contributed by atoms with Gasteiger partial charge in [-0.05, 0) is 30.7 Å². The maximum atomic E-state index is 12.3. The molecule has 1 amide bonds. The van der Waals surface area contributed by atoms with Crippen molar-refractivity contribution in [1.82, 2.24) is 9.97 Å². The Kier molecular flexibility index (Phi) is 4.57. The fourth-order valence-corrected chi connectivity index (χ4v) is 2.47. The molecule has 0 radical (unpaired) electrons. The minimum Gasteiger partial charge on any atom is -0.396 e. The summed E-state index contributed by atoms with van der Waals surface area (Å²) in [6, 6.07) is 5.67. The van der Waals surface area contributed by atoms with Crippen LogP contribution in [0.3, 0.4) is 0 Å². The molecule has 5 nitrogen and oxygen atoms in total. The molecule has 0 aliphatic heterocycles. The Morgan fingerprint density at radius 3 is 2.67 bits per heavy atom. The largest absolute Gasteiger partial charge is 0.396 e. The summed E-state index contributed by atoms with van der Waals surface area (Å²) in [6.45, 7) is 5.88. The number of rotatable bonds is 3. The van der Waals surface area contributed by atoms with Gasteiger partial charge >= 0.3 is 0 Å². The standard InChI is InChI=1S/C15H17BrN4O/c1-8(2)14-18-7-12(17)13(20-14)15(21)19-11-5-9(3)4-10(16)6-11/h4-8H,17H2,1-3H3,(H,19,21). The van der Waals surface area contributed by atoms with Gasteiger partial charge in [0, 0.05) is 16.1 Å². The molecule has 1 aromatic heterocycles. The smallest absolute Gasteiger partial charge is 0.276 e. The second-order valence-electron chi connectivity index (χ2n) is 5.16. The van der Waals surface area contributed by atoms with Crippen molar-refractivity contribution < 1.29 is 4.79 Å².